The van der Waals surface area contributed by atoms with Gasteiger partial charge in [-0.1, -0.05) is 29.8 Å². The van der Waals surface area contributed by atoms with E-state index in [1.807, 2.05) is 0 Å². The van der Waals surface area contributed by atoms with Gasteiger partial charge in [0, 0.05) is 10.7 Å². The smallest absolute Gasteiger partial charge is 0.416 e. The van der Waals surface area contributed by atoms with Crippen LogP contribution in [0.15, 0.2) is 72.3 Å². The molecule has 3 aromatic rings. The van der Waals surface area contributed by atoms with E-state index >= 15 is 0 Å². The Morgan fingerprint density at radius 1 is 1.03 bits per heavy atom. The van der Waals surface area contributed by atoms with Gasteiger partial charge in [-0.2, -0.15) is 13.2 Å². The van der Waals surface area contributed by atoms with E-state index < -0.39 is 46.6 Å². The van der Waals surface area contributed by atoms with E-state index in [1.54, 1.807) is 0 Å². The van der Waals surface area contributed by atoms with Gasteiger partial charge >= 0.3 is 6.18 Å². The molecule has 180 valence electrons. The lowest BCUT2D eigenvalue weighted by Crippen LogP contribution is -2.29. The summed E-state index contributed by atoms with van der Waals surface area (Å²) in [7, 11) is 1.32. The first-order valence-electron chi connectivity index (χ1n) is 10.1. The molecule has 0 spiro atoms. The van der Waals surface area contributed by atoms with Gasteiger partial charge < -0.3 is 9.84 Å². The molecule has 4 rings (SSSR count). The van der Waals surface area contributed by atoms with Crippen molar-refractivity contribution in [3.05, 3.63) is 99.8 Å². The molecule has 5 nitrogen and oxygen atoms in total. The zero-order valence-electron chi connectivity index (χ0n) is 17.9. The number of Topliss-reactive ketones (excluding diaryl/α,β-unsaturated/α-hetero) is 1. The van der Waals surface area contributed by atoms with Crippen molar-refractivity contribution < 1.29 is 37.0 Å². The summed E-state index contributed by atoms with van der Waals surface area (Å²) >= 11 is 6.05. The van der Waals surface area contributed by atoms with Crippen molar-refractivity contribution in [2.45, 2.75) is 12.2 Å². The van der Waals surface area contributed by atoms with Gasteiger partial charge in [0.05, 0.1) is 29.9 Å². The van der Waals surface area contributed by atoms with Crippen LogP contribution in [0.5, 0.6) is 5.75 Å². The van der Waals surface area contributed by atoms with Crippen molar-refractivity contribution in [2.24, 2.45) is 0 Å². The molecule has 1 amide bonds. The molecule has 1 saturated heterocycles. The first kappa shape index (κ1) is 24.3. The summed E-state index contributed by atoms with van der Waals surface area (Å²) in [5, 5.41) is 11.4. The lowest BCUT2D eigenvalue weighted by atomic mass is 9.94. The van der Waals surface area contributed by atoms with Gasteiger partial charge in [0.15, 0.2) is 0 Å². The van der Waals surface area contributed by atoms with Gasteiger partial charge in [-0.05, 0) is 54.1 Å². The number of anilines is 1. The molecule has 0 radical (unpaired) electrons. The maximum atomic E-state index is 13.6. The topological polar surface area (TPSA) is 66.8 Å². The quantitative estimate of drug-likeness (QED) is 0.200. The molecule has 10 heteroatoms. The van der Waals surface area contributed by atoms with Crippen LogP contribution < -0.4 is 9.64 Å². The number of benzene rings is 3. The second-order valence-electron chi connectivity index (χ2n) is 7.61. The van der Waals surface area contributed by atoms with E-state index in [9.17, 15) is 32.3 Å². The number of carbonyl (C=O) groups excluding carboxylic acids is 2. The fraction of sp³-hybridized carbons (Fsp3) is 0.120. The second-order valence-corrected chi connectivity index (χ2v) is 8.05. The van der Waals surface area contributed by atoms with Gasteiger partial charge in [0.2, 0.25) is 0 Å². The number of carbonyl (C=O) groups is 2. The van der Waals surface area contributed by atoms with Crippen LogP contribution in [-0.4, -0.2) is 23.9 Å². The van der Waals surface area contributed by atoms with Crippen LogP contribution in [0.25, 0.3) is 5.76 Å². The summed E-state index contributed by atoms with van der Waals surface area (Å²) in [5.74, 6) is -3.43. The number of hydrogen-bond donors (Lipinski definition) is 1. The average Bonchev–Trinajstić information content (AvgIpc) is 3.09. The van der Waals surface area contributed by atoms with Gasteiger partial charge in [-0.25, -0.2) is 4.39 Å². The predicted molar refractivity (Wildman–Crippen MR) is 121 cm³/mol. The minimum atomic E-state index is -4.71. The molecule has 1 fully saturated rings. The highest BCUT2D eigenvalue weighted by Gasteiger charge is 2.47. The Bertz CT molecular complexity index is 1350. The Balaban J connectivity index is 1.98. The Morgan fingerprint density at radius 2 is 1.71 bits per heavy atom. The van der Waals surface area contributed by atoms with E-state index in [1.165, 1.54) is 43.5 Å². The number of nitrogens with zero attached hydrogens (tertiary/aromatic N) is 1. The molecule has 0 bridgehead atoms. The number of alkyl halides is 3. The van der Waals surface area contributed by atoms with E-state index in [0.717, 1.165) is 35.2 Å². The summed E-state index contributed by atoms with van der Waals surface area (Å²) in [6.45, 7) is 0. The van der Waals surface area contributed by atoms with Crippen LogP contribution in [0, 0.1) is 5.82 Å². The Labute approximate surface area is 201 Å². The van der Waals surface area contributed by atoms with Crippen LogP contribution in [0.3, 0.4) is 0 Å². The fourth-order valence-electron chi connectivity index (χ4n) is 3.90. The molecule has 1 aliphatic rings. The number of halogens is 5. The Morgan fingerprint density at radius 3 is 2.34 bits per heavy atom. The summed E-state index contributed by atoms with van der Waals surface area (Å²) in [4.78, 5) is 27.1. The van der Waals surface area contributed by atoms with Crippen molar-refractivity contribution in [3.8, 4) is 5.75 Å². The lowest BCUT2D eigenvalue weighted by molar-refractivity contribution is -0.137. The molecule has 0 saturated carbocycles. The van der Waals surface area contributed by atoms with Crippen LogP contribution >= 0.6 is 11.6 Å². The molecule has 1 heterocycles. The van der Waals surface area contributed by atoms with Gasteiger partial charge in [-0.15, -0.1) is 0 Å². The minimum absolute atomic E-state index is 0.00541. The number of ether oxygens (including phenoxy) is 1. The summed E-state index contributed by atoms with van der Waals surface area (Å²) in [6, 6.07) is 11.4. The van der Waals surface area contributed by atoms with Crippen molar-refractivity contribution >= 4 is 34.7 Å². The molecular weight excluding hydrogens is 490 g/mol. The Hall–Kier alpha value is -3.85. The van der Waals surface area contributed by atoms with Crippen LogP contribution in [0.4, 0.5) is 23.2 Å². The first-order chi connectivity index (χ1) is 16.5. The Kier molecular flexibility index (Phi) is 6.29. The highest BCUT2D eigenvalue weighted by atomic mass is 35.5. The number of methoxy groups -OCH3 is 1. The molecule has 35 heavy (non-hydrogen) atoms. The van der Waals surface area contributed by atoms with Crippen molar-refractivity contribution in [2.75, 3.05) is 12.0 Å². The number of amides is 1. The molecule has 0 aliphatic carbocycles. The van der Waals surface area contributed by atoms with E-state index in [0.29, 0.717) is 0 Å². The SMILES string of the molecule is COc1ccc(Cl)cc1/C(O)=C1\C(=O)C(=O)N(c2cccc(C(F)(F)F)c2)C1c1ccc(F)cc1. The molecular formula is C25H16ClF4NO4. The van der Waals surface area contributed by atoms with Gasteiger partial charge in [0.1, 0.15) is 17.3 Å². The largest absolute Gasteiger partial charge is 0.507 e. The van der Waals surface area contributed by atoms with Gasteiger partial charge in [0.25, 0.3) is 11.7 Å². The van der Waals surface area contributed by atoms with Crippen LogP contribution in [0.1, 0.15) is 22.7 Å². The number of aliphatic hydroxyl groups excluding tert-OH is 1. The minimum Gasteiger partial charge on any atom is -0.507 e. The highest BCUT2D eigenvalue weighted by molar-refractivity contribution is 6.51. The van der Waals surface area contributed by atoms with Crippen molar-refractivity contribution in [1.29, 1.82) is 0 Å². The zero-order chi connectivity index (χ0) is 25.5. The lowest BCUT2D eigenvalue weighted by Gasteiger charge is -2.26. The molecule has 1 unspecified atom stereocenters. The summed E-state index contributed by atoms with van der Waals surface area (Å²) < 4.78 is 58.9. The number of rotatable bonds is 4. The van der Waals surface area contributed by atoms with E-state index in [2.05, 4.69) is 0 Å². The number of hydrogen-bond acceptors (Lipinski definition) is 4. The van der Waals surface area contributed by atoms with E-state index in [4.69, 9.17) is 16.3 Å². The number of ketones is 1. The third-order valence-electron chi connectivity index (χ3n) is 5.50. The fourth-order valence-corrected chi connectivity index (χ4v) is 4.07. The predicted octanol–water partition coefficient (Wildman–Crippen LogP) is 6.13. The zero-order valence-corrected chi connectivity index (χ0v) is 18.7. The first-order valence-corrected chi connectivity index (χ1v) is 10.5. The molecule has 1 atom stereocenters. The average molecular weight is 506 g/mol. The molecule has 1 aliphatic heterocycles. The monoisotopic (exact) mass is 505 g/mol. The third-order valence-corrected chi connectivity index (χ3v) is 5.73. The standard InChI is InChI=1S/C25H16ClF4NO4/c1-35-19-10-7-15(26)12-18(19)22(32)20-21(13-5-8-16(27)9-6-13)31(24(34)23(20)33)17-4-2-3-14(11-17)25(28,29)30/h2-12,21,32H,1H3/b22-20+. The van der Waals surface area contributed by atoms with Crippen LogP contribution in [-0.2, 0) is 15.8 Å². The second kappa shape index (κ2) is 9.07. The molecule has 0 aromatic heterocycles. The summed E-state index contributed by atoms with van der Waals surface area (Å²) in [5.41, 5.74) is -1.50. The highest BCUT2D eigenvalue weighted by Crippen LogP contribution is 2.44. The maximum absolute atomic E-state index is 13.6. The normalized spacial score (nSPS) is 17.7. The van der Waals surface area contributed by atoms with Crippen molar-refractivity contribution in [1.82, 2.24) is 0 Å². The number of aliphatic hydroxyl groups is 1. The van der Waals surface area contributed by atoms with Gasteiger partial charge in [-0.3, -0.25) is 14.5 Å². The molecule has 3 aromatic carbocycles. The van der Waals surface area contributed by atoms with Crippen LogP contribution in [0.2, 0.25) is 5.02 Å². The third kappa shape index (κ3) is 4.46. The van der Waals surface area contributed by atoms with E-state index in [-0.39, 0.29) is 27.6 Å². The molecule has 1 N–H and O–H groups in total. The maximum Gasteiger partial charge on any atom is 0.416 e. The summed E-state index contributed by atoms with van der Waals surface area (Å²) in [6.07, 6.45) is -4.71. The van der Waals surface area contributed by atoms with Crippen molar-refractivity contribution in [3.63, 3.8) is 0 Å².